The van der Waals surface area contributed by atoms with Gasteiger partial charge in [0.2, 0.25) is 0 Å². The Bertz CT molecular complexity index is 751. The number of hydrogen-bond donors (Lipinski definition) is 1. The molecule has 6 nitrogen and oxygen atoms in total. The fourth-order valence-electron chi connectivity index (χ4n) is 2.46. The van der Waals surface area contributed by atoms with E-state index in [2.05, 4.69) is 5.10 Å². The highest BCUT2D eigenvalue weighted by molar-refractivity contribution is 5.66. The van der Waals surface area contributed by atoms with E-state index in [9.17, 15) is 9.59 Å². The Balaban J connectivity index is 2.10. The van der Waals surface area contributed by atoms with Crippen molar-refractivity contribution in [1.82, 2.24) is 9.78 Å². The lowest BCUT2D eigenvalue weighted by molar-refractivity contribution is -0.137. The highest BCUT2D eigenvalue weighted by atomic mass is 16.5. The summed E-state index contributed by atoms with van der Waals surface area (Å²) in [5.74, 6) is -0.0222. The second-order valence-corrected chi connectivity index (χ2v) is 5.73. The Hall–Kier alpha value is -2.63. The number of unbranched alkanes of at least 4 members (excludes halogenated alkanes) is 1. The SMILES string of the molecule is COc1ccc(Cn2nc(CCCCC(=O)O)cc(C)c2=O)cc1. The summed E-state index contributed by atoms with van der Waals surface area (Å²) >= 11 is 0. The van der Waals surface area contributed by atoms with Gasteiger partial charge in [-0.3, -0.25) is 9.59 Å². The number of methoxy groups -OCH3 is 1. The lowest BCUT2D eigenvalue weighted by atomic mass is 10.1. The van der Waals surface area contributed by atoms with E-state index in [1.54, 1.807) is 20.1 Å². The topological polar surface area (TPSA) is 81.4 Å². The van der Waals surface area contributed by atoms with Gasteiger partial charge in [-0.15, -0.1) is 0 Å². The van der Waals surface area contributed by atoms with Gasteiger partial charge in [0.05, 0.1) is 19.3 Å². The minimum Gasteiger partial charge on any atom is -0.497 e. The molecule has 1 N–H and O–H groups in total. The molecule has 0 amide bonds. The number of ether oxygens (including phenoxy) is 1. The van der Waals surface area contributed by atoms with E-state index < -0.39 is 5.97 Å². The highest BCUT2D eigenvalue weighted by Crippen LogP contribution is 2.12. The monoisotopic (exact) mass is 330 g/mol. The Labute approximate surface area is 140 Å². The van der Waals surface area contributed by atoms with E-state index >= 15 is 0 Å². The first-order chi connectivity index (χ1) is 11.5. The molecule has 0 saturated heterocycles. The number of aromatic nitrogens is 2. The van der Waals surface area contributed by atoms with E-state index in [0.717, 1.165) is 23.4 Å². The summed E-state index contributed by atoms with van der Waals surface area (Å²) in [6.45, 7) is 2.17. The van der Waals surface area contributed by atoms with Crippen LogP contribution in [-0.4, -0.2) is 28.0 Å². The summed E-state index contributed by atoms with van der Waals surface area (Å²) in [7, 11) is 1.61. The molecule has 6 heteroatoms. The first-order valence-corrected chi connectivity index (χ1v) is 7.92. The van der Waals surface area contributed by atoms with Crippen LogP contribution in [0.25, 0.3) is 0 Å². The van der Waals surface area contributed by atoms with Gasteiger partial charge in [0.25, 0.3) is 5.56 Å². The molecule has 0 bridgehead atoms. The van der Waals surface area contributed by atoms with Crippen LogP contribution in [0.15, 0.2) is 35.1 Å². The zero-order valence-electron chi connectivity index (χ0n) is 14.0. The number of carbonyl (C=O) groups is 1. The summed E-state index contributed by atoms with van der Waals surface area (Å²) in [5, 5.41) is 13.1. The average molecular weight is 330 g/mol. The number of benzene rings is 1. The molecule has 0 unspecified atom stereocenters. The highest BCUT2D eigenvalue weighted by Gasteiger charge is 2.07. The van der Waals surface area contributed by atoms with E-state index in [1.807, 2.05) is 24.3 Å². The Morgan fingerprint density at radius 3 is 2.58 bits per heavy atom. The first-order valence-electron chi connectivity index (χ1n) is 7.92. The van der Waals surface area contributed by atoms with E-state index in [0.29, 0.717) is 24.9 Å². The van der Waals surface area contributed by atoms with Gasteiger partial charge in [0, 0.05) is 12.0 Å². The van der Waals surface area contributed by atoms with Crippen LogP contribution < -0.4 is 10.3 Å². The maximum atomic E-state index is 12.3. The van der Waals surface area contributed by atoms with Gasteiger partial charge >= 0.3 is 5.97 Å². The van der Waals surface area contributed by atoms with Gasteiger partial charge in [-0.1, -0.05) is 12.1 Å². The molecule has 1 aromatic carbocycles. The molecule has 0 atom stereocenters. The zero-order chi connectivity index (χ0) is 17.5. The van der Waals surface area contributed by atoms with Crippen LogP contribution in [0.2, 0.25) is 0 Å². The molecule has 0 fully saturated rings. The number of aryl methyl sites for hydroxylation is 2. The third-order valence-electron chi connectivity index (χ3n) is 3.77. The number of aliphatic carboxylic acids is 1. The van der Waals surface area contributed by atoms with Crippen molar-refractivity contribution in [2.75, 3.05) is 7.11 Å². The molecular weight excluding hydrogens is 308 g/mol. The van der Waals surface area contributed by atoms with E-state index in [4.69, 9.17) is 9.84 Å². The summed E-state index contributed by atoms with van der Waals surface area (Å²) in [6, 6.07) is 9.29. The molecule has 0 aliphatic rings. The lowest BCUT2D eigenvalue weighted by Gasteiger charge is -2.09. The van der Waals surface area contributed by atoms with Crippen molar-refractivity contribution in [3.8, 4) is 5.75 Å². The van der Waals surface area contributed by atoms with Crippen molar-refractivity contribution in [3.63, 3.8) is 0 Å². The number of carboxylic acids is 1. The van der Waals surface area contributed by atoms with Gasteiger partial charge in [0.15, 0.2) is 0 Å². The number of carboxylic acid groups (broad SMARTS) is 1. The second-order valence-electron chi connectivity index (χ2n) is 5.73. The molecule has 1 heterocycles. The van der Waals surface area contributed by atoms with E-state index in [1.165, 1.54) is 4.68 Å². The smallest absolute Gasteiger partial charge is 0.303 e. The second kappa shape index (κ2) is 8.29. The third kappa shape index (κ3) is 4.94. The molecule has 0 saturated carbocycles. The van der Waals surface area contributed by atoms with Crippen molar-refractivity contribution in [3.05, 3.63) is 57.5 Å². The van der Waals surface area contributed by atoms with Crippen LogP contribution in [0.5, 0.6) is 5.75 Å². The summed E-state index contributed by atoms with van der Waals surface area (Å²) in [5.41, 5.74) is 2.31. The molecular formula is C18H22N2O4. The van der Waals surface area contributed by atoms with Crippen LogP contribution >= 0.6 is 0 Å². The summed E-state index contributed by atoms with van der Waals surface area (Å²) < 4.78 is 6.59. The predicted octanol–water partition coefficient (Wildman–Crippen LogP) is 2.41. The molecule has 0 aliphatic carbocycles. The quantitative estimate of drug-likeness (QED) is 0.752. The molecule has 2 aromatic rings. The van der Waals surface area contributed by atoms with E-state index in [-0.39, 0.29) is 12.0 Å². The van der Waals surface area contributed by atoms with Gasteiger partial charge in [-0.2, -0.15) is 5.10 Å². The average Bonchev–Trinajstić information content (AvgIpc) is 2.56. The third-order valence-corrected chi connectivity index (χ3v) is 3.77. The van der Waals surface area contributed by atoms with Gasteiger partial charge in [-0.05, 0) is 49.9 Å². The van der Waals surface area contributed by atoms with Gasteiger partial charge in [-0.25, -0.2) is 4.68 Å². The minimum atomic E-state index is -0.788. The minimum absolute atomic E-state index is 0.111. The standard InChI is InChI=1S/C18H22N2O4/c1-13-11-15(5-3-4-6-17(21)22)19-20(18(13)23)12-14-7-9-16(24-2)10-8-14/h7-11H,3-6,12H2,1-2H3,(H,21,22). The van der Waals surface area contributed by atoms with Crippen LogP contribution in [0.1, 0.15) is 36.1 Å². The molecule has 0 spiro atoms. The van der Waals surface area contributed by atoms with Gasteiger partial charge in [0.1, 0.15) is 5.75 Å². The first kappa shape index (κ1) is 17.7. The maximum Gasteiger partial charge on any atom is 0.303 e. The van der Waals surface area contributed by atoms with Crippen LogP contribution in [0.4, 0.5) is 0 Å². The Morgan fingerprint density at radius 2 is 1.96 bits per heavy atom. The van der Waals surface area contributed by atoms with Crippen LogP contribution in [0, 0.1) is 6.92 Å². The van der Waals surface area contributed by atoms with Crippen molar-refractivity contribution in [1.29, 1.82) is 0 Å². The Kier molecular flexibility index (Phi) is 6.12. The summed E-state index contributed by atoms with van der Waals surface area (Å²) in [4.78, 5) is 22.8. The fraction of sp³-hybridized carbons (Fsp3) is 0.389. The molecule has 1 aromatic heterocycles. The Morgan fingerprint density at radius 1 is 1.25 bits per heavy atom. The predicted molar refractivity (Wildman–Crippen MR) is 90.5 cm³/mol. The molecule has 0 aliphatic heterocycles. The van der Waals surface area contributed by atoms with Crippen molar-refractivity contribution < 1.29 is 14.6 Å². The van der Waals surface area contributed by atoms with Crippen LogP contribution in [0.3, 0.4) is 0 Å². The number of nitrogens with zero attached hydrogens (tertiary/aromatic N) is 2. The largest absolute Gasteiger partial charge is 0.497 e. The molecule has 128 valence electrons. The molecule has 24 heavy (non-hydrogen) atoms. The maximum absolute atomic E-state index is 12.3. The molecule has 0 radical (unpaired) electrons. The summed E-state index contributed by atoms with van der Waals surface area (Å²) in [6.07, 6.45) is 2.16. The fourth-order valence-corrected chi connectivity index (χ4v) is 2.46. The molecule has 2 rings (SSSR count). The van der Waals surface area contributed by atoms with Crippen LogP contribution in [-0.2, 0) is 17.8 Å². The lowest BCUT2D eigenvalue weighted by Crippen LogP contribution is -2.26. The van der Waals surface area contributed by atoms with Crippen molar-refractivity contribution >= 4 is 5.97 Å². The number of hydrogen-bond acceptors (Lipinski definition) is 4. The van der Waals surface area contributed by atoms with Crippen molar-refractivity contribution in [2.45, 2.75) is 39.2 Å². The number of rotatable bonds is 8. The van der Waals surface area contributed by atoms with Crippen molar-refractivity contribution in [2.24, 2.45) is 0 Å². The van der Waals surface area contributed by atoms with Gasteiger partial charge < -0.3 is 9.84 Å². The normalized spacial score (nSPS) is 10.6. The zero-order valence-corrected chi connectivity index (χ0v) is 14.0.